The van der Waals surface area contributed by atoms with Crippen molar-refractivity contribution in [2.45, 2.75) is 20.3 Å². The minimum Gasteiger partial charge on any atom is -0.492 e. The normalized spacial score (nSPS) is 16.0. The Hall–Kier alpha value is -2.41. The number of amides is 1. The number of aryl methyl sites for hydroxylation is 1. The van der Waals surface area contributed by atoms with Crippen molar-refractivity contribution in [3.05, 3.63) is 40.4 Å². The fourth-order valence-electron chi connectivity index (χ4n) is 2.54. The molecule has 2 aromatic rings. The van der Waals surface area contributed by atoms with E-state index in [1.807, 2.05) is 24.3 Å². The van der Waals surface area contributed by atoms with Crippen molar-refractivity contribution in [1.82, 2.24) is 4.98 Å². The summed E-state index contributed by atoms with van der Waals surface area (Å²) in [6, 6.07) is 7.70. The number of nitrogens with one attached hydrogen (secondary N) is 1. The van der Waals surface area contributed by atoms with Crippen molar-refractivity contribution >= 4 is 28.3 Å². The van der Waals surface area contributed by atoms with Crippen LogP contribution in [-0.4, -0.2) is 30.1 Å². The molecule has 1 N–H and O–H groups in total. The van der Waals surface area contributed by atoms with Crippen LogP contribution in [-0.2, 0) is 16.0 Å². The molecule has 0 bridgehead atoms. The van der Waals surface area contributed by atoms with Crippen LogP contribution in [0.1, 0.15) is 27.9 Å². The van der Waals surface area contributed by atoms with Crippen molar-refractivity contribution < 1.29 is 19.1 Å². The first-order chi connectivity index (χ1) is 11.6. The molecule has 1 aliphatic heterocycles. The van der Waals surface area contributed by atoms with E-state index in [0.717, 1.165) is 22.6 Å². The number of carbonyl (C=O) groups is 2. The summed E-state index contributed by atoms with van der Waals surface area (Å²) >= 11 is 1.13. The largest absolute Gasteiger partial charge is 0.492 e. The lowest BCUT2D eigenvalue weighted by Gasteiger charge is -2.24. The first-order valence-corrected chi connectivity index (χ1v) is 8.56. The topological polar surface area (TPSA) is 77.5 Å². The summed E-state index contributed by atoms with van der Waals surface area (Å²) in [6.07, 6.45) is 0.622. The summed E-state index contributed by atoms with van der Waals surface area (Å²) in [5, 5.41) is 3.18. The lowest BCUT2D eigenvalue weighted by Crippen LogP contribution is -2.32. The molecular weight excluding hydrogens is 328 g/mol. The van der Waals surface area contributed by atoms with E-state index in [9.17, 15) is 9.59 Å². The lowest BCUT2D eigenvalue weighted by atomic mass is 9.96. The maximum Gasteiger partial charge on any atom is 0.350 e. The van der Waals surface area contributed by atoms with Gasteiger partial charge in [-0.3, -0.25) is 4.79 Å². The summed E-state index contributed by atoms with van der Waals surface area (Å²) in [6.45, 7) is 4.10. The number of hydrogen-bond acceptors (Lipinski definition) is 6. The van der Waals surface area contributed by atoms with Gasteiger partial charge in [0.25, 0.3) is 0 Å². The van der Waals surface area contributed by atoms with E-state index in [0.29, 0.717) is 35.3 Å². The number of esters is 1. The molecule has 0 saturated heterocycles. The summed E-state index contributed by atoms with van der Waals surface area (Å²) in [5.41, 5.74) is 1.57. The van der Waals surface area contributed by atoms with E-state index in [2.05, 4.69) is 10.3 Å². The Balaban J connectivity index is 1.68. The zero-order valence-electron chi connectivity index (χ0n) is 13.5. The van der Waals surface area contributed by atoms with Crippen molar-refractivity contribution in [2.75, 3.05) is 18.5 Å². The Labute approximate surface area is 143 Å². The lowest BCUT2D eigenvalue weighted by molar-refractivity contribution is -0.121. The van der Waals surface area contributed by atoms with Crippen LogP contribution >= 0.6 is 11.3 Å². The zero-order valence-corrected chi connectivity index (χ0v) is 14.3. The molecule has 2 heterocycles. The Kier molecular flexibility index (Phi) is 4.80. The Morgan fingerprint density at radius 2 is 2.21 bits per heavy atom. The number of benzene rings is 1. The van der Waals surface area contributed by atoms with E-state index in [4.69, 9.17) is 9.47 Å². The van der Waals surface area contributed by atoms with Gasteiger partial charge in [0, 0.05) is 0 Å². The van der Waals surface area contributed by atoms with Gasteiger partial charge >= 0.3 is 5.97 Å². The SMILES string of the molecule is CCOC(=O)c1sc(NC(=O)[C@@H]2COc3ccccc3C2)nc1C. The number of thiazole rings is 1. The highest BCUT2D eigenvalue weighted by Gasteiger charge is 2.27. The molecule has 1 amide bonds. The monoisotopic (exact) mass is 346 g/mol. The minimum atomic E-state index is -0.414. The predicted octanol–water partition coefficient (Wildman–Crippen LogP) is 2.82. The average Bonchev–Trinajstić information content (AvgIpc) is 2.95. The Bertz CT molecular complexity index is 772. The molecule has 126 valence electrons. The van der Waals surface area contributed by atoms with Crippen LogP contribution < -0.4 is 10.1 Å². The van der Waals surface area contributed by atoms with Crippen molar-refractivity contribution in [3.8, 4) is 5.75 Å². The van der Waals surface area contributed by atoms with Crippen LogP contribution in [0.2, 0.25) is 0 Å². The molecule has 1 atom stereocenters. The fourth-order valence-corrected chi connectivity index (χ4v) is 3.40. The second kappa shape index (κ2) is 7.00. The van der Waals surface area contributed by atoms with Crippen molar-refractivity contribution in [1.29, 1.82) is 0 Å². The smallest absolute Gasteiger partial charge is 0.350 e. The second-order valence-corrected chi connectivity index (χ2v) is 6.46. The summed E-state index contributed by atoms with van der Waals surface area (Å²) in [4.78, 5) is 28.9. The van der Waals surface area contributed by atoms with Crippen LogP contribution in [0.15, 0.2) is 24.3 Å². The molecule has 1 aromatic heterocycles. The summed E-state index contributed by atoms with van der Waals surface area (Å²) in [7, 11) is 0. The third-order valence-corrected chi connectivity index (χ3v) is 4.79. The van der Waals surface area contributed by atoms with Crippen LogP contribution in [0.3, 0.4) is 0 Å². The molecule has 0 spiro atoms. The van der Waals surface area contributed by atoms with Gasteiger partial charge in [-0.05, 0) is 31.9 Å². The van der Waals surface area contributed by atoms with Gasteiger partial charge in [0.2, 0.25) is 5.91 Å². The molecule has 1 aliphatic rings. The van der Waals surface area contributed by atoms with Gasteiger partial charge in [-0.25, -0.2) is 9.78 Å². The number of fused-ring (bicyclic) bond motifs is 1. The highest BCUT2D eigenvalue weighted by Crippen LogP contribution is 2.28. The fraction of sp³-hybridized carbons (Fsp3) is 0.353. The number of para-hydroxylation sites is 1. The molecule has 0 radical (unpaired) electrons. The third-order valence-electron chi connectivity index (χ3n) is 3.74. The van der Waals surface area contributed by atoms with Crippen LogP contribution in [0, 0.1) is 12.8 Å². The van der Waals surface area contributed by atoms with E-state index in [-0.39, 0.29) is 11.8 Å². The van der Waals surface area contributed by atoms with Gasteiger partial charge in [0.05, 0.1) is 18.2 Å². The van der Waals surface area contributed by atoms with Gasteiger partial charge in [0.1, 0.15) is 17.2 Å². The van der Waals surface area contributed by atoms with Crippen LogP contribution in [0.4, 0.5) is 5.13 Å². The minimum absolute atomic E-state index is 0.159. The van der Waals surface area contributed by atoms with E-state index >= 15 is 0 Å². The number of nitrogens with zero attached hydrogens (tertiary/aromatic N) is 1. The second-order valence-electron chi connectivity index (χ2n) is 5.46. The molecule has 0 fully saturated rings. The number of carbonyl (C=O) groups excluding carboxylic acids is 2. The third kappa shape index (κ3) is 3.41. The van der Waals surface area contributed by atoms with Gasteiger partial charge in [0.15, 0.2) is 5.13 Å². The number of aromatic nitrogens is 1. The maximum absolute atomic E-state index is 12.5. The summed E-state index contributed by atoms with van der Waals surface area (Å²) in [5.74, 6) is -0.0250. The maximum atomic E-state index is 12.5. The highest BCUT2D eigenvalue weighted by molar-refractivity contribution is 7.17. The molecule has 6 nitrogen and oxygen atoms in total. The van der Waals surface area contributed by atoms with Crippen LogP contribution in [0.5, 0.6) is 5.75 Å². The number of rotatable bonds is 4. The molecule has 7 heteroatoms. The molecule has 0 saturated carbocycles. The number of anilines is 1. The first kappa shape index (κ1) is 16.4. The van der Waals surface area contributed by atoms with E-state index in [1.165, 1.54) is 0 Å². The van der Waals surface area contributed by atoms with Crippen molar-refractivity contribution in [3.63, 3.8) is 0 Å². The molecule has 0 aliphatic carbocycles. The van der Waals surface area contributed by atoms with Crippen molar-refractivity contribution in [2.24, 2.45) is 5.92 Å². The van der Waals surface area contributed by atoms with E-state index in [1.54, 1.807) is 13.8 Å². The zero-order chi connectivity index (χ0) is 17.1. The quantitative estimate of drug-likeness (QED) is 0.862. The molecule has 0 unspecified atom stereocenters. The Morgan fingerprint density at radius 1 is 1.42 bits per heavy atom. The van der Waals surface area contributed by atoms with Crippen LogP contribution in [0.25, 0.3) is 0 Å². The highest BCUT2D eigenvalue weighted by atomic mass is 32.1. The molecule has 24 heavy (non-hydrogen) atoms. The molecule has 3 rings (SSSR count). The first-order valence-electron chi connectivity index (χ1n) is 7.74. The van der Waals surface area contributed by atoms with Gasteiger partial charge in [-0.15, -0.1) is 0 Å². The number of ether oxygens (including phenoxy) is 2. The predicted molar refractivity (Wildman–Crippen MR) is 90.6 cm³/mol. The van der Waals surface area contributed by atoms with Gasteiger partial charge in [-0.1, -0.05) is 29.5 Å². The Morgan fingerprint density at radius 3 is 3.00 bits per heavy atom. The molecular formula is C17H18N2O4S. The molecule has 1 aromatic carbocycles. The standard InChI is InChI=1S/C17H18N2O4S/c1-3-22-16(21)14-10(2)18-17(24-14)19-15(20)12-8-11-6-4-5-7-13(11)23-9-12/h4-7,12H,3,8-9H2,1-2H3,(H,18,19,20)/t12-/m0/s1. The van der Waals surface area contributed by atoms with Gasteiger partial charge < -0.3 is 14.8 Å². The summed E-state index contributed by atoms with van der Waals surface area (Å²) < 4.78 is 10.6. The average molecular weight is 346 g/mol. The number of hydrogen-bond donors (Lipinski definition) is 1. The van der Waals surface area contributed by atoms with E-state index < -0.39 is 5.97 Å². The van der Waals surface area contributed by atoms with Gasteiger partial charge in [-0.2, -0.15) is 0 Å².